The van der Waals surface area contributed by atoms with Crippen molar-refractivity contribution in [3.05, 3.63) is 0 Å². The standard InChI is InChI=1S/C14H30N2O/c1-2-13-6-5-8-14(12-15,9-7-13)16-10-3-4-11-17/h13,16-17H,2-12,15H2,1H3. The fraction of sp³-hybridized carbons (Fsp3) is 1.00. The number of unbranched alkanes of at least 4 members (excludes halogenated alkanes) is 1. The van der Waals surface area contributed by atoms with Gasteiger partial charge in [0.1, 0.15) is 0 Å². The molecule has 0 aliphatic heterocycles. The smallest absolute Gasteiger partial charge is 0.0431 e. The lowest BCUT2D eigenvalue weighted by Crippen LogP contribution is -2.51. The maximum absolute atomic E-state index is 8.78. The summed E-state index contributed by atoms with van der Waals surface area (Å²) in [5, 5.41) is 12.5. The first-order valence-corrected chi connectivity index (χ1v) is 7.32. The fourth-order valence-electron chi connectivity index (χ4n) is 2.93. The van der Waals surface area contributed by atoms with E-state index in [1.165, 1.54) is 38.5 Å². The van der Waals surface area contributed by atoms with Crippen LogP contribution in [0, 0.1) is 5.92 Å². The van der Waals surface area contributed by atoms with E-state index in [-0.39, 0.29) is 5.54 Å². The van der Waals surface area contributed by atoms with E-state index in [0.717, 1.165) is 31.8 Å². The second-order valence-electron chi connectivity index (χ2n) is 5.55. The molecule has 2 unspecified atom stereocenters. The molecule has 3 heteroatoms. The van der Waals surface area contributed by atoms with Gasteiger partial charge in [-0.25, -0.2) is 0 Å². The van der Waals surface area contributed by atoms with E-state index in [4.69, 9.17) is 10.8 Å². The van der Waals surface area contributed by atoms with Gasteiger partial charge in [0.25, 0.3) is 0 Å². The molecule has 0 heterocycles. The average molecular weight is 242 g/mol. The summed E-state index contributed by atoms with van der Waals surface area (Å²) in [6.07, 6.45) is 9.70. The number of hydrogen-bond donors (Lipinski definition) is 3. The van der Waals surface area contributed by atoms with Gasteiger partial charge in [0.2, 0.25) is 0 Å². The molecule has 2 atom stereocenters. The van der Waals surface area contributed by atoms with Crippen LogP contribution < -0.4 is 11.1 Å². The van der Waals surface area contributed by atoms with Crippen molar-refractivity contribution in [1.29, 1.82) is 0 Å². The second kappa shape index (κ2) is 8.06. The van der Waals surface area contributed by atoms with Gasteiger partial charge in [-0.1, -0.05) is 26.2 Å². The number of aliphatic hydroxyl groups excluding tert-OH is 1. The third kappa shape index (κ3) is 4.94. The van der Waals surface area contributed by atoms with Crippen molar-refractivity contribution in [3.8, 4) is 0 Å². The summed E-state index contributed by atoms with van der Waals surface area (Å²) in [6, 6.07) is 0. The molecule has 102 valence electrons. The Labute approximate surface area is 106 Å². The Kier molecular flexibility index (Phi) is 7.09. The van der Waals surface area contributed by atoms with Crippen LogP contribution in [0.1, 0.15) is 58.3 Å². The third-order valence-corrected chi connectivity index (χ3v) is 4.35. The summed E-state index contributed by atoms with van der Waals surface area (Å²) in [6.45, 7) is 4.35. The lowest BCUT2D eigenvalue weighted by molar-refractivity contribution is 0.263. The normalized spacial score (nSPS) is 30.2. The Balaban J connectivity index is 2.38. The van der Waals surface area contributed by atoms with E-state index in [1.807, 2.05) is 0 Å². The van der Waals surface area contributed by atoms with Crippen molar-refractivity contribution in [3.63, 3.8) is 0 Å². The zero-order valence-electron chi connectivity index (χ0n) is 11.4. The highest BCUT2D eigenvalue weighted by Gasteiger charge is 2.30. The summed E-state index contributed by atoms with van der Waals surface area (Å²) < 4.78 is 0. The molecule has 0 spiro atoms. The van der Waals surface area contributed by atoms with Crippen LogP contribution in [0.3, 0.4) is 0 Å². The minimum absolute atomic E-state index is 0.180. The summed E-state index contributed by atoms with van der Waals surface area (Å²) in [5.74, 6) is 0.905. The van der Waals surface area contributed by atoms with Crippen LogP contribution in [-0.2, 0) is 0 Å². The summed E-state index contributed by atoms with van der Waals surface area (Å²) in [7, 11) is 0. The number of hydrogen-bond acceptors (Lipinski definition) is 3. The molecular weight excluding hydrogens is 212 g/mol. The topological polar surface area (TPSA) is 58.3 Å². The van der Waals surface area contributed by atoms with E-state index in [2.05, 4.69) is 12.2 Å². The molecule has 17 heavy (non-hydrogen) atoms. The third-order valence-electron chi connectivity index (χ3n) is 4.35. The second-order valence-corrected chi connectivity index (χ2v) is 5.55. The van der Waals surface area contributed by atoms with Crippen LogP contribution in [0.25, 0.3) is 0 Å². The molecule has 3 nitrogen and oxygen atoms in total. The van der Waals surface area contributed by atoms with Gasteiger partial charge >= 0.3 is 0 Å². The lowest BCUT2D eigenvalue weighted by Gasteiger charge is -2.33. The average Bonchev–Trinajstić information content (AvgIpc) is 2.58. The Morgan fingerprint density at radius 3 is 2.76 bits per heavy atom. The number of rotatable bonds is 7. The molecule has 1 fully saturated rings. The molecule has 0 aromatic heterocycles. The van der Waals surface area contributed by atoms with Crippen LogP contribution in [0.5, 0.6) is 0 Å². The first kappa shape index (κ1) is 14.9. The minimum Gasteiger partial charge on any atom is -0.396 e. The molecule has 0 aromatic carbocycles. The van der Waals surface area contributed by atoms with E-state index in [1.54, 1.807) is 0 Å². The molecule has 0 saturated heterocycles. The Morgan fingerprint density at radius 1 is 1.29 bits per heavy atom. The molecule has 0 radical (unpaired) electrons. The Hall–Kier alpha value is -0.120. The van der Waals surface area contributed by atoms with Gasteiger partial charge in [0.05, 0.1) is 0 Å². The molecule has 0 bridgehead atoms. The highest BCUT2D eigenvalue weighted by Crippen LogP contribution is 2.31. The Morgan fingerprint density at radius 2 is 2.12 bits per heavy atom. The van der Waals surface area contributed by atoms with E-state index >= 15 is 0 Å². The fourth-order valence-corrected chi connectivity index (χ4v) is 2.93. The Bertz CT molecular complexity index is 199. The van der Waals surface area contributed by atoms with Crippen LogP contribution >= 0.6 is 0 Å². The predicted octanol–water partition coefficient (Wildman–Crippen LogP) is 2.04. The van der Waals surface area contributed by atoms with Gasteiger partial charge in [0, 0.05) is 18.7 Å². The van der Waals surface area contributed by atoms with Crippen LogP contribution in [-0.4, -0.2) is 30.3 Å². The maximum atomic E-state index is 8.78. The predicted molar refractivity (Wildman–Crippen MR) is 73.0 cm³/mol. The summed E-state index contributed by atoms with van der Waals surface area (Å²) >= 11 is 0. The number of aliphatic hydroxyl groups is 1. The van der Waals surface area contributed by atoms with Crippen molar-refractivity contribution in [1.82, 2.24) is 5.32 Å². The molecule has 0 amide bonds. The quantitative estimate of drug-likeness (QED) is 0.473. The van der Waals surface area contributed by atoms with Gasteiger partial charge in [-0.15, -0.1) is 0 Å². The van der Waals surface area contributed by atoms with E-state index in [0.29, 0.717) is 6.61 Å². The van der Waals surface area contributed by atoms with Gasteiger partial charge in [0.15, 0.2) is 0 Å². The van der Waals surface area contributed by atoms with Crippen LogP contribution in [0.15, 0.2) is 0 Å². The lowest BCUT2D eigenvalue weighted by atomic mass is 9.89. The van der Waals surface area contributed by atoms with E-state index in [9.17, 15) is 0 Å². The van der Waals surface area contributed by atoms with Crippen molar-refractivity contribution < 1.29 is 5.11 Å². The first-order valence-electron chi connectivity index (χ1n) is 7.32. The van der Waals surface area contributed by atoms with Gasteiger partial charge in [-0.05, 0) is 44.6 Å². The van der Waals surface area contributed by atoms with Crippen LogP contribution in [0.4, 0.5) is 0 Å². The first-order chi connectivity index (χ1) is 8.26. The summed E-state index contributed by atoms with van der Waals surface area (Å²) in [4.78, 5) is 0. The molecule has 1 aliphatic carbocycles. The minimum atomic E-state index is 0.180. The zero-order chi connectivity index (χ0) is 12.6. The monoisotopic (exact) mass is 242 g/mol. The van der Waals surface area contributed by atoms with Crippen molar-refractivity contribution in [2.45, 2.75) is 63.8 Å². The molecule has 0 aromatic rings. The van der Waals surface area contributed by atoms with Crippen LogP contribution in [0.2, 0.25) is 0 Å². The molecule has 1 rings (SSSR count). The van der Waals surface area contributed by atoms with Crippen molar-refractivity contribution >= 4 is 0 Å². The molecular formula is C14H30N2O. The number of nitrogens with two attached hydrogens (primary N) is 1. The zero-order valence-corrected chi connectivity index (χ0v) is 11.4. The van der Waals surface area contributed by atoms with Gasteiger partial charge in [-0.2, -0.15) is 0 Å². The summed E-state index contributed by atoms with van der Waals surface area (Å²) in [5.41, 5.74) is 6.18. The van der Waals surface area contributed by atoms with Gasteiger partial charge in [-0.3, -0.25) is 0 Å². The van der Waals surface area contributed by atoms with E-state index < -0.39 is 0 Å². The molecule has 1 saturated carbocycles. The SMILES string of the molecule is CCC1CCCC(CN)(NCCCCO)CC1. The molecule has 1 aliphatic rings. The van der Waals surface area contributed by atoms with Crippen molar-refractivity contribution in [2.24, 2.45) is 11.7 Å². The van der Waals surface area contributed by atoms with Gasteiger partial charge < -0.3 is 16.2 Å². The number of nitrogens with one attached hydrogen (secondary N) is 1. The largest absolute Gasteiger partial charge is 0.396 e. The highest BCUT2D eigenvalue weighted by atomic mass is 16.2. The van der Waals surface area contributed by atoms with Crippen molar-refractivity contribution in [2.75, 3.05) is 19.7 Å². The molecule has 4 N–H and O–H groups in total. The maximum Gasteiger partial charge on any atom is 0.0431 e. The highest BCUT2D eigenvalue weighted by molar-refractivity contribution is 4.91.